The zero-order valence-corrected chi connectivity index (χ0v) is 14.6. The molecule has 0 radical (unpaired) electrons. The van der Waals surface area contributed by atoms with Crippen molar-refractivity contribution in [2.45, 2.75) is 16.6 Å². The molecule has 2 aromatic rings. The second-order valence-electron chi connectivity index (χ2n) is 5.41. The maximum atomic E-state index is 12.6. The molecule has 1 atom stereocenters. The first-order chi connectivity index (χ1) is 11.0. The fraction of sp³-hybridized carbons (Fsp3) is 0.250. The highest BCUT2D eigenvalue weighted by molar-refractivity contribution is 9.10. The molecule has 0 bridgehead atoms. The van der Waals surface area contributed by atoms with Gasteiger partial charge in [-0.1, -0.05) is 18.2 Å². The van der Waals surface area contributed by atoms with Crippen molar-refractivity contribution >= 4 is 31.7 Å². The number of rotatable bonds is 3. The van der Waals surface area contributed by atoms with Crippen LogP contribution in [0, 0.1) is 0 Å². The molecule has 1 aromatic heterocycles. The van der Waals surface area contributed by atoms with Gasteiger partial charge < -0.3 is 4.90 Å². The van der Waals surface area contributed by atoms with Gasteiger partial charge >= 0.3 is 0 Å². The van der Waals surface area contributed by atoms with E-state index in [1.807, 2.05) is 0 Å². The summed E-state index contributed by atoms with van der Waals surface area (Å²) < 4.78 is 26.0. The van der Waals surface area contributed by atoms with E-state index in [9.17, 15) is 13.2 Å². The van der Waals surface area contributed by atoms with Gasteiger partial charge in [0.05, 0.1) is 15.7 Å². The van der Waals surface area contributed by atoms with Crippen LogP contribution in [-0.4, -0.2) is 42.5 Å². The van der Waals surface area contributed by atoms with Gasteiger partial charge in [0.1, 0.15) is 0 Å². The summed E-state index contributed by atoms with van der Waals surface area (Å²) >= 11 is 3.28. The molecule has 120 valence electrons. The van der Waals surface area contributed by atoms with Crippen LogP contribution in [0.5, 0.6) is 0 Å². The maximum Gasteiger partial charge on any atom is 0.255 e. The number of hydrogen-bond donors (Lipinski definition) is 0. The van der Waals surface area contributed by atoms with Crippen LogP contribution in [0.15, 0.2) is 58.2 Å². The molecule has 0 spiro atoms. The smallest absolute Gasteiger partial charge is 0.255 e. The molecule has 1 saturated heterocycles. The fourth-order valence-corrected chi connectivity index (χ4v) is 4.76. The number of halogens is 1. The molecule has 3 rings (SSSR count). The first-order valence-electron chi connectivity index (χ1n) is 7.17. The molecule has 23 heavy (non-hydrogen) atoms. The zero-order chi connectivity index (χ0) is 16.4. The second kappa shape index (κ2) is 6.41. The Balaban J connectivity index is 1.77. The lowest BCUT2D eigenvalue weighted by atomic mass is 10.2. The van der Waals surface area contributed by atoms with Gasteiger partial charge in [-0.25, -0.2) is 8.42 Å². The molecule has 0 aliphatic carbocycles. The summed E-state index contributed by atoms with van der Waals surface area (Å²) in [5.41, 5.74) is 0.456. The lowest BCUT2D eigenvalue weighted by molar-refractivity contribution is 0.0792. The van der Waals surface area contributed by atoms with Gasteiger partial charge in [-0.05, 0) is 40.5 Å². The van der Waals surface area contributed by atoms with Crippen LogP contribution in [0.1, 0.15) is 16.8 Å². The van der Waals surface area contributed by atoms with Crippen LogP contribution < -0.4 is 0 Å². The lowest BCUT2D eigenvalue weighted by Crippen LogP contribution is -2.32. The minimum Gasteiger partial charge on any atom is -0.337 e. The summed E-state index contributed by atoms with van der Waals surface area (Å²) in [5, 5.41) is -0.561. The largest absolute Gasteiger partial charge is 0.337 e. The minimum absolute atomic E-state index is 0.190. The highest BCUT2D eigenvalue weighted by atomic mass is 79.9. The molecule has 1 aliphatic rings. The second-order valence-corrected chi connectivity index (χ2v) is 8.56. The van der Waals surface area contributed by atoms with Gasteiger partial charge in [0.25, 0.3) is 5.91 Å². The molecule has 7 heteroatoms. The molecule has 5 nitrogen and oxygen atoms in total. The summed E-state index contributed by atoms with van der Waals surface area (Å²) in [7, 11) is -3.41. The first-order valence-corrected chi connectivity index (χ1v) is 9.51. The van der Waals surface area contributed by atoms with E-state index >= 15 is 0 Å². The van der Waals surface area contributed by atoms with Crippen molar-refractivity contribution in [2.24, 2.45) is 0 Å². The van der Waals surface area contributed by atoms with E-state index in [-0.39, 0.29) is 12.5 Å². The van der Waals surface area contributed by atoms with Crippen LogP contribution in [0.25, 0.3) is 0 Å². The molecule has 0 saturated carbocycles. The molecule has 1 aliphatic heterocycles. The molecule has 1 unspecified atom stereocenters. The van der Waals surface area contributed by atoms with Crippen molar-refractivity contribution in [1.82, 2.24) is 9.88 Å². The Bertz CT molecular complexity index is 824. The Morgan fingerprint density at radius 1 is 1.22 bits per heavy atom. The van der Waals surface area contributed by atoms with Crippen molar-refractivity contribution in [3.05, 3.63) is 58.8 Å². The third-order valence-electron chi connectivity index (χ3n) is 3.89. The summed E-state index contributed by atoms with van der Waals surface area (Å²) in [6.07, 6.45) is 3.54. The molecular weight excluding hydrogens is 380 g/mol. The lowest BCUT2D eigenvalue weighted by Gasteiger charge is -2.17. The predicted octanol–water partition coefficient (Wildman–Crippen LogP) is 2.53. The van der Waals surface area contributed by atoms with Crippen LogP contribution in [0.3, 0.4) is 0 Å². The van der Waals surface area contributed by atoms with E-state index in [4.69, 9.17) is 0 Å². The van der Waals surface area contributed by atoms with Crippen molar-refractivity contribution < 1.29 is 13.2 Å². The molecule has 1 fully saturated rings. The highest BCUT2D eigenvalue weighted by Gasteiger charge is 2.36. The summed E-state index contributed by atoms with van der Waals surface area (Å²) in [4.78, 5) is 18.3. The number of carbonyl (C=O) groups excluding carboxylic acids is 1. The Labute approximate surface area is 143 Å². The van der Waals surface area contributed by atoms with E-state index in [1.54, 1.807) is 47.5 Å². The topological polar surface area (TPSA) is 67.3 Å². The van der Waals surface area contributed by atoms with E-state index in [2.05, 4.69) is 20.9 Å². The Hall–Kier alpha value is -1.73. The first kappa shape index (κ1) is 16.1. The van der Waals surface area contributed by atoms with Crippen molar-refractivity contribution in [3.8, 4) is 0 Å². The molecule has 1 amide bonds. The number of benzene rings is 1. The number of nitrogens with zero attached hydrogens (tertiary/aromatic N) is 2. The molecular formula is C16H15BrN2O3S. The number of aromatic nitrogens is 1. The Kier molecular flexibility index (Phi) is 4.50. The van der Waals surface area contributed by atoms with Gasteiger partial charge in [-0.3, -0.25) is 9.78 Å². The molecule has 2 heterocycles. The number of carbonyl (C=O) groups is 1. The van der Waals surface area contributed by atoms with Gasteiger partial charge in [0, 0.05) is 30.0 Å². The third-order valence-corrected chi connectivity index (χ3v) is 6.52. The van der Waals surface area contributed by atoms with Crippen LogP contribution >= 0.6 is 15.9 Å². The van der Waals surface area contributed by atoms with Crippen LogP contribution in [0.4, 0.5) is 0 Å². The molecule has 0 N–H and O–H groups in total. The molecule has 1 aromatic carbocycles. The fourth-order valence-electron chi connectivity index (χ4n) is 2.68. The number of likely N-dealkylation sites (tertiary alicyclic amines) is 1. The van der Waals surface area contributed by atoms with Gasteiger partial charge in [-0.15, -0.1) is 0 Å². The average Bonchev–Trinajstić information content (AvgIpc) is 3.06. The quantitative estimate of drug-likeness (QED) is 0.801. The number of pyridine rings is 1. The van der Waals surface area contributed by atoms with Gasteiger partial charge in [-0.2, -0.15) is 0 Å². The van der Waals surface area contributed by atoms with E-state index in [0.29, 0.717) is 23.4 Å². The Morgan fingerprint density at radius 2 is 1.96 bits per heavy atom. The number of sulfone groups is 1. The van der Waals surface area contributed by atoms with E-state index in [1.165, 1.54) is 6.20 Å². The summed E-state index contributed by atoms with van der Waals surface area (Å²) in [6, 6.07) is 10.1. The number of amides is 1. The van der Waals surface area contributed by atoms with Crippen molar-refractivity contribution in [1.29, 1.82) is 0 Å². The van der Waals surface area contributed by atoms with E-state index < -0.39 is 15.1 Å². The highest BCUT2D eigenvalue weighted by Crippen LogP contribution is 2.25. The van der Waals surface area contributed by atoms with Gasteiger partial charge in [0.15, 0.2) is 9.84 Å². The maximum absolute atomic E-state index is 12.6. The summed E-state index contributed by atoms with van der Waals surface area (Å²) in [5.74, 6) is -0.190. The minimum atomic E-state index is -3.41. The number of hydrogen-bond acceptors (Lipinski definition) is 4. The van der Waals surface area contributed by atoms with Crippen molar-refractivity contribution in [2.75, 3.05) is 13.1 Å². The van der Waals surface area contributed by atoms with Crippen LogP contribution in [-0.2, 0) is 9.84 Å². The predicted molar refractivity (Wildman–Crippen MR) is 89.9 cm³/mol. The van der Waals surface area contributed by atoms with Crippen LogP contribution in [0.2, 0.25) is 0 Å². The normalized spacial score (nSPS) is 18.1. The van der Waals surface area contributed by atoms with Crippen molar-refractivity contribution in [3.63, 3.8) is 0 Å². The standard InChI is InChI=1S/C16H15BrN2O3S/c17-13-8-12(9-18-10-13)16(20)19-7-6-15(11-19)23(21,22)14-4-2-1-3-5-14/h1-5,8-10,15H,6-7,11H2. The average molecular weight is 395 g/mol. The third kappa shape index (κ3) is 3.30. The SMILES string of the molecule is O=C(c1cncc(Br)c1)N1CCC(S(=O)(=O)c2ccccc2)C1. The van der Waals surface area contributed by atoms with E-state index in [0.717, 1.165) is 4.47 Å². The zero-order valence-electron chi connectivity index (χ0n) is 12.2. The Morgan fingerprint density at radius 3 is 2.65 bits per heavy atom. The van der Waals surface area contributed by atoms with Gasteiger partial charge in [0.2, 0.25) is 0 Å². The monoisotopic (exact) mass is 394 g/mol. The summed E-state index contributed by atoms with van der Waals surface area (Å²) in [6.45, 7) is 0.644.